The van der Waals surface area contributed by atoms with Crippen molar-refractivity contribution in [3.05, 3.63) is 65.0 Å². The van der Waals surface area contributed by atoms with Gasteiger partial charge in [0.15, 0.2) is 0 Å². The smallest absolute Gasteiger partial charge is 0.248 e. The molecular weight excluding hydrogens is 331 g/mol. The Balaban J connectivity index is 1.96. The zero-order chi connectivity index (χ0) is 18.7. The Morgan fingerprint density at radius 2 is 1.88 bits per heavy atom. The van der Waals surface area contributed by atoms with E-state index in [-0.39, 0.29) is 11.7 Å². The molecule has 0 saturated carbocycles. The van der Waals surface area contributed by atoms with Gasteiger partial charge in [0.1, 0.15) is 11.9 Å². The summed E-state index contributed by atoms with van der Waals surface area (Å²) in [6.45, 7) is 6.47. The largest absolute Gasteiger partial charge is 0.379 e. The first kappa shape index (κ1) is 18.5. The summed E-state index contributed by atoms with van der Waals surface area (Å²) in [5.41, 5.74) is 3.74. The van der Waals surface area contributed by atoms with Gasteiger partial charge in [-0.15, -0.1) is 0 Å². The molecule has 0 bridgehead atoms. The molecule has 0 N–H and O–H groups in total. The average Bonchev–Trinajstić information content (AvgIpc) is 2.62. The van der Waals surface area contributed by atoms with Crippen molar-refractivity contribution in [2.75, 3.05) is 38.3 Å². The number of carbonyl (C=O) groups excluding carboxylic acids is 1. The first-order valence-corrected chi connectivity index (χ1v) is 8.89. The van der Waals surface area contributed by atoms with E-state index in [1.165, 1.54) is 12.1 Å². The molecule has 26 heavy (non-hydrogen) atoms. The molecule has 1 amide bonds. The molecule has 1 fully saturated rings. The number of benzene rings is 2. The van der Waals surface area contributed by atoms with Crippen LogP contribution in [-0.4, -0.2) is 44.2 Å². The van der Waals surface area contributed by atoms with E-state index < -0.39 is 6.04 Å². The number of carbonyl (C=O) groups is 1. The number of amides is 1. The SMILES string of the molecule is Cc1ccc(N(C)C(=O)[C@@H](c2cccc(F)c2)N2CCOCC2)c(C)c1. The van der Waals surface area contributed by atoms with Crippen LogP contribution in [0.3, 0.4) is 0 Å². The van der Waals surface area contributed by atoms with Crippen LogP contribution in [0.25, 0.3) is 0 Å². The molecule has 1 atom stereocenters. The van der Waals surface area contributed by atoms with Gasteiger partial charge < -0.3 is 9.64 Å². The van der Waals surface area contributed by atoms with Crippen LogP contribution in [0.1, 0.15) is 22.7 Å². The summed E-state index contributed by atoms with van der Waals surface area (Å²) in [5, 5.41) is 0. The van der Waals surface area contributed by atoms with Crippen molar-refractivity contribution in [1.82, 2.24) is 4.90 Å². The van der Waals surface area contributed by atoms with E-state index in [1.807, 2.05) is 32.0 Å². The fourth-order valence-corrected chi connectivity index (χ4v) is 3.51. The predicted molar refractivity (Wildman–Crippen MR) is 101 cm³/mol. The van der Waals surface area contributed by atoms with E-state index in [2.05, 4.69) is 11.0 Å². The van der Waals surface area contributed by atoms with E-state index in [9.17, 15) is 9.18 Å². The normalized spacial score (nSPS) is 16.3. The summed E-state index contributed by atoms with van der Waals surface area (Å²) >= 11 is 0. The highest BCUT2D eigenvalue weighted by Gasteiger charge is 2.32. The second-order valence-corrected chi connectivity index (χ2v) is 6.79. The summed E-state index contributed by atoms with van der Waals surface area (Å²) < 4.78 is 19.2. The topological polar surface area (TPSA) is 32.8 Å². The first-order valence-electron chi connectivity index (χ1n) is 8.89. The van der Waals surface area contributed by atoms with E-state index in [4.69, 9.17) is 4.74 Å². The highest BCUT2D eigenvalue weighted by atomic mass is 19.1. The Morgan fingerprint density at radius 1 is 1.15 bits per heavy atom. The summed E-state index contributed by atoms with van der Waals surface area (Å²) in [4.78, 5) is 17.2. The third kappa shape index (κ3) is 3.94. The fourth-order valence-electron chi connectivity index (χ4n) is 3.51. The van der Waals surface area contributed by atoms with Gasteiger partial charge in [0, 0.05) is 25.8 Å². The van der Waals surface area contributed by atoms with Gasteiger partial charge in [-0.2, -0.15) is 0 Å². The van der Waals surface area contributed by atoms with Crippen molar-refractivity contribution in [3.8, 4) is 0 Å². The lowest BCUT2D eigenvalue weighted by atomic mass is 10.0. The van der Waals surface area contributed by atoms with E-state index in [1.54, 1.807) is 18.0 Å². The van der Waals surface area contributed by atoms with Gasteiger partial charge in [-0.25, -0.2) is 4.39 Å². The van der Waals surface area contributed by atoms with Crippen LogP contribution in [0.5, 0.6) is 0 Å². The first-order chi connectivity index (χ1) is 12.5. The third-order valence-electron chi connectivity index (χ3n) is 4.85. The molecular formula is C21H25FN2O2. The molecule has 138 valence electrons. The van der Waals surface area contributed by atoms with Crippen molar-refractivity contribution in [2.24, 2.45) is 0 Å². The van der Waals surface area contributed by atoms with Crippen molar-refractivity contribution < 1.29 is 13.9 Å². The van der Waals surface area contributed by atoms with Crippen LogP contribution in [0.4, 0.5) is 10.1 Å². The molecule has 2 aromatic carbocycles. The summed E-state index contributed by atoms with van der Waals surface area (Å²) in [7, 11) is 1.78. The Kier molecular flexibility index (Phi) is 5.69. The summed E-state index contributed by atoms with van der Waals surface area (Å²) in [6, 6.07) is 11.8. The summed E-state index contributed by atoms with van der Waals surface area (Å²) in [6.07, 6.45) is 0. The van der Waals surface area contributed by atoms with E-state index in [0.29, 0.717) is 31.9 Å². The van der Waals surface area contributed by atoms with Gasteiger partial charge in [-0.05, 0) is 43.2 Å². The van der Waals surface area contributed by atoms with Gasteiger partial charge in [-0.1, -0.05) is 29.8 Å². The molecule has 0 radical (unpaired) electrons. The summed E-state index contributed by atoms with van der Waals surface area (Å²) in [5.74, 6) is -0.396. The lowest BCUT2D eigenvalue weighted by molar-refractivity contribution is -0.125. The number of morpholine rings is 1. The molecule has 0 unspecified atom stereocenters. The Hall–Kier alpha value is -2.24. The van der Waals surface area contributed by atoms with Crippen molar-refractivity contribution in [2.45, 2.75) is 19.9 Å². The van der Waals surface area contributed by atoms with E-state index >= 15 is 0 Å². The monoisotopic (exact) mass is 356 g/mol. The number of ether oxygens (including phenoxy) is 1. The van der Waals surface area contributed by atoms with Crippen LogP contribution in [-0.2, 0) is 9.53 Å². The predicted octanol–water partition coefficient (Wildman–Crippen LogP) is 3.48. The maximum Gasteiger partial charge on any atom is 0.248 e. The number of rotatable bonds is 4. The zero-order valence-electron chi connectivity index (χ0n) is 15.5. The molecule has 0 spiro atoms. The molecule has 0 aliphatic carbocycles. The average molecular weight is 356 g/mol. The molecule has 4 nitrogen and oxygen atoms in total. The Labute approximate surface area is 154 Å². The maximum atomic E-state index is 13.8. The molecule has 3 rings (SSSR count). The van der Waals surface area contributed by atoms with Crippen LogP contribution in [0, 0.1) is 19.7 Å². The minimum absolute atomic E-state index is 0.0653. The number of hydrogen-bond acceptors (Lipinski definition) is 3. The van der Waals surface area contributed by atoms with Crippen LogP contribution in [0.2, 0.25) is 0 Å². The second kappa shape index (κ2) is 7.98. The molecule has 1 aliphatic rings. The number of hydrogen-bond donors (Lipinski definition) is 0. The van der Waals surface area contributed by atoms with Gasteiger partial charge in [-0.3, -0.25) is 9.69 Å². The zero-order valence-corrected chi connectivity index (χ0v) is 15.5. The highest BCUT2D eigenvalue weighted by molar-refractivity contribution is 5.98. The molecule has 5 heteroatoms. The molecule has 2 aromatic rings. The second-order valence-electron chi connectivity index (χ2n) is 6.79. The van der Waals surface area contributed by atoms with Crippen molar-refractivity contribution in [1.29, 1.82) is 0 Å². The molecule has 1 saturated heterocycles. The third-order valence-corrected chi connectivity index (χ3v) is 4.85. The molecule has 1 heterocycles. The quantitative estimate of drug-likeness (QED) is 0.841. The fraction of sp³-hybridized carbons (Fsp3) is 0.381. The lowest BCUT2D eigenvalue weighted by Gasteiger charge is -2.36. The van der Waals surface area contributed by atoms with E-state index in [0.717, 1.165) is 16.8 Å². The van der Waals surface area contributed by atoms with Gasteiger partial charge >= 0.3 is 0 Å². The number of likely N-dealkylation sites (N-methyl/N-ethyl adjacent to an activating group) is 1. The van der Waals surface area contributed by atoms with Crippen molar-refractivity contribution >= 4 is 11.6 Å². The lowest BCUT2D eigenvalue weighted by Crippen LogP contribution is -2.46. The van der Waals surface area contributed by atoms with Crippen LogP contribution in [0.15, 0.2) is 42.5 Å². The van der Waals surface area contributed by atoms with Crippen LogP contribution < -0.4 is 4.90 Å². The van der Waals surface area contributed by atoms with Gasteiger partial charge in [0.2, 0.25) is 5.91 Å². The Morgan fingerprint density at radius 3 is 2.54 bits per heavy atom. The molecule has 0 aromatic heterocycles. The maximum absolute atomic E-state index is 13.8. The number of aryl methyl sites for hydroxylation is 2. The molecule has 1 aliphatic heterocycles. The number of nitrogens with zero attached hydrogens (tertiary/aromatic N) is 2. The minimum atomic E-state index is -0.527. The standard InChI is InChI=1S/C21H25FN2O2/c1-15-7-8-19(16(2)13-15)23(3)21(25)20(24-9-11-26-12-10-24)17-5-4-6-18(22)14-17/h4-8,13-14,20H,9-12H2,1-3H3/t20-/m1/s1. The van der Waals surface area contributed by atoms with Crippen molar-refractivity contribution in [3.63, 3.8) is 0 Å². The Bertz CT molecular complexity index is 787. The number of anilines is 1. The minimum Gasteiger partial charge on any atom is -0.379 e. The van der Waals surface area contributed by atoms with Crippen LogP contribution >= 0.6 is 0 Å². The van der Waals surface area contributed by atoms with Gasteiger partial charge in [0.05, 0.1) is 13.2 Å². The highest BCUT2D eigenvalue weighted by Crippen LogP contribution is 2.28. The number of halogens is 1. The van der Waals surface area contributed by atoms with Gasteiger partial charge in [0.25, 0.3) is 0 Å².